The van der Waals surface area contributed by atoms with E-state index in [1.807, 2.05) is 63.7 Å². The Morgan fingerprint density at radius 2 is 1.93 bits per heavy atom. The SMILES string of the molecule is CCn1cc(C(C)NC(=O)c2noc(C)c2COc2c(C)cccc2C)c(C)n1. The minimum Gasteiger partial charge on any atom is -0.488 e. The highest BCUT2D eigenvalue weighted by atomic mass is 16.5. The first-order chi connectivity index (χ1) is 13.8. The van der Waals surface area contributed by atoms with Crippen molar-refractivity contribution < 1.29 is 14.1 Å². The molecule has 1 atom stereocenters. The highest BCUT2D eigenvalue weighted by molar-refractivity contribution is 5.94. The summed E-state index contributed by atoms with van der Waals surface area (Å²) in [6.07, 6.45) is 1.96. The number of hydrogen-bond acceptors (Lipinski definition) is 5. The highest BCUT2D eigenvalue weighted by Gasteiger charge is 2.23. The molecule has 3 aromatic rings. The van der Waals surface area contributed by atoms with E-state index in [-0.39, 0.29) is 24.2 Å². The largest absolute Gasteiger partial charge is 0.488 e. The van der Waals surface area contributed by atoms with E-state index < -0.39 is 0 Å². The summed E-state index contributed by atoms with van der Waals surface area (Å²) in [5.74, 6) is 1.09. The molecule has 0 aliphatic heterocycles. The fourth-order valence-electron chi connectivity index (χ4n) is 3.37. The summed E-state index contributed by atoms with van der Waals surface area (Å²) in [5.41, 5.74) is 4.87. The van der Waals surface area contributed by atoms with Crippen molar-refractivity contribution in [1.29, 1.82) is 0 Å². The molecule has 0 fully saturated rings. The number of nitrogens with zero attached hydrogens (tertiary/aromatic N) is 3. The first-order valence-electron chi connectivity index (χ1n) is 9.80. The van der Waals surface area contributed by atoms with E-state index in [0.717, 1.165) is 34.7 Å². The van der Waals surface area contributed by atoms with Gasteiger partial charge in [0.15, 0.2) is 5.69 Å². The second-order valence-corrected chi connectivity index (χ2v) is 7.30. The van der Waals surface area contributed by atoms with Gasteiger partial charge in [-0.25, -0.2) is 0 Å². The number of hydrogen-bond donors (Lipinski definition) is 1. The standard InChI is InChI=1S/C22H28N4O3/c1-7-26-11-18(16(5)24-26)15(4)23-22(27)20-19(17(6)29-25-20)12-28-21-13(2)9-8-10-14(21)3/h8-11,15H,7,12H2,1-6H3,(H,23,27). The van der Waals surface area contributed by atoms with Gasteiger partial charge >= 0.3 is 0 Å². The maximum Gasteiger partial charge on any atom is 0.274 e. The number of carbonyl (C=O) groups excluding carboxylic acids is 1. The predicted octanol–water partition coefficient (Wildman–Crippen LogP) is 4.19. The minimum absolute atomic E-state index is 0.202. The third-order valence-electron chi connectivity index (χ3n) is 5.09. The molecule has 0 saturated carbocycles. The molecular formula is C22H28N4O3. The normalized spacial score (nSPS) is 12.1. The van der Waals surface area contributed by atoms with E-state index >= 15 is 0 Å². The van der Waals surface area contributed by atoms with Crippen LogP contribution in [0, 0.1) is 27.7 Å². The molecule has 154 valence electrons. The van der Waals surface area contributed by atoms with Crippen LogP contribution in [-0.2, 0) is 13.2 Å². The molecule has 0 aliphatic carbocycles. The topological polar surface area (TPSA) is 82.2 Å². The highest BCUT2D eigenvalue weighted by Crippen LogP contribution is 2.25. The van der Waals surface area contributed by atoms with E-state index in [0.29, 0.717) is 11.3 Å². The molecule has 3 rings (SSSR count). The van der Waals surface area contributed by atoms with Crippen LogP contribution in [0.15, 0.2) is 28.9 Å². The van der Waals surface area contributed by atoms with Gasteiger partial charge in [0.25, 0.3) is 5.91 Å². The Labute approximate surface area is 171 Å². The summed E-state index contributed by atoms with van der Waals surface area (Å²) < 4.78 is 13.2. The quantitative estimate of drug-likeness (QED) is 0.647. The van der Waals surface area contributed by atoms with E-state index in [1.165, 1.54) is 0 Å². The number of amides is 1. The first-order valence-corrected chi connectivity index (χ1v) is 9.80. The van der Waals surface area contributed by atoms with Crippen molar-refractivity contribution in [2.45, 2.75) is 60.7 Å². The van der Waals surface area contributed by atoms with Crippen LogP contribution in [0.25, 0.3) is 0 Å². The molecule has 1 N–H and O–H groups in total. The summed E-state index contributed by atoms with van der Waals surface area (Å²) >= 11 is 0. The molecule has 2 heterocycles. The lowest BCUT2D eigenvalue weighted by molar-refractivity contribution is 0.0928. The number of para-hydroxylation sites is 1. The van der Waals surface area contributed by atoms with Crippen LogP contribution in [0.2, 0.25) is 0 Å². The number of benzene rings is 1. The average Bonchev–Trinajstić information content (AvgIpc) is 3.24. The van der Waals surface area contributed by atoms with Crippen LogP contribution in [0.1, 0.15) is 64.1 Å². The molecule has 1 unspecified atom stereocenters. The van der Waals surface area contributed by atoms with Gasteiger partial charge in [-0.1, -0.05) is 23.4 Å². The molecule has 0 saturated heterocycles. The number of nitrogens with one attached hydrogen (secondary N) is 1. The van der Waals surface area contributed by atoms with Crippen molar-refractivity contribution in [3.63, 3.8) is 0 Å². The van der Waals surface area contributed by atoms with Gasteiger partial charge in [-0.15, -0.1) is 0 Å². The van der Waals surface area contributed by atoms with E-state index in [1.54, 1.807) is 6.92 Å². The van der Waals surface area contributed by atoms with Crippen molar-refractivity contribution in [2.75, 3.05) is 0 Å². The molecule has 7 nitrogen and oxygen atoms in total. The van der Waals surface area contributed by atoms with Crippen molar-refractivity contribution >= 4 is 5.91 Å². The number of aryl methyl sites for hydroxylation is 5. The van der Waals surface area contributed by atoms with Gasteiger partial charge in [-0.2, -0.15) is 5.10 Å². The second kappa shape index (κ2) is 8.51. The van der Waals surface area contributed by atoms with Crippen LogP contribution in [0.3, 0.4) is 0 Å². The lowest BCUT2D eigenvalue weighted by Crippen LogP contribution is -2.28. The lowest BCUT2D eigenvalue weighted by Gasteiger charge is -2.14. The summed E-state index contributed by atoms with van der Waals surface area (Å²) in [5, 5.41) is 11.4. The van der Waals surface area contributed by atoms with Gasteiger partial charge in [0.05, 0.1) is 17.3 Å². The molecule has 1 aromatic carbocycles. The fourth-order valence-corrected chi connectivity index (χ4v) is 3.37. The van der Waals surface area contributed by atoms with Gasteiger partial charge in [0.2, 0.25) is 0 Å². The zero-order valence-corrected chi connectivity index (χ0v) is 17.9. The van der Waals surface area contributed by atoms with Gasteiger partial charge in [0, 0.05) is 18.3 Å². The Morgan fingerprint density at radius 3 is 2.55 bits per heavy atom. The Bertz CT molecular complexity index is 999. The molecule has 2 aromatic heterocycles. The van der Waals surface area contributed by atoms with Crippen LogP contribution in [0.4, 0.5) is 0 Å². The zero-order valence-electron chi connectivity index (χ0n) is 17.9. The molecule has 1 amide bonds. The Balaban J connectivity index is 1.76. The van der Waals surface area contributed by atoms with Crippen LogP contribution >= 0.6 is 0 Å². The Kier molecular flexibility index (Phi) is 6.06. The molecule has 7 heteroatoms. The van der Waals surface area contributed by atoms with Gasteiger partial charge in [0.1, 0.15) is 18.1 Å². The average molecular weight is 396 g/mol. The fraction of sp³-hybridized carbons (Fsp3) is 0.409. The van der Waals surface area contributed by atoms with Crippen molar-refractivity contribution in [2.24, 2.45) is 0 Å². The van der Waals surface area contributed by atoms with Crippen LogP contribution < -0.4 is 10.1 Å². The van der Waals surface area contributed by atoms with Gasteiger partial charge in [-0.3, -0.25) is 9.48 Å². The molecule has 0 bridgehead atoms. The number of ether oxygens (including phenoxy) is 1. The molecule has 0 spiro atoms. The number of carbonyl (C=O) groups is 1. The van der Waals surface area contributed by atoms with E-state index in [2.05, 4.69) is 15.6 Å². The van der Waals surface area contributed by atoms with Crippen molar-refractivity contribution in [3.8, 4) is 5.75 Å². The maximum atomic E-state index is 12.9. The first kappa shape index (κ1) is 20.6. The second-order valence-electron chi connectivity index (χ2n) is 7.30. The molecule has 29 heavy (non-hydrogen) atoms. The van der Waals surface area contributed by atoms with Crippen molar-refractivity contribution in [3.05, 3.63) is 63.8 Å². The third kappa shape index (κ3) is 4.34. The molecule has 0 radical (unpaired) electrons. The third-order valence-corrected chi connectivity index (χ3v) is 5.09. The maximum absolute atomic E-state index is 12.9. The van der Waals surface area contributed by atoms with E-state index in [4.69, 9.17) is 9.26 Å². The Morgan fingerprint density at radius 1 is 1.24 bits per heavy atom. The predicted molar refractivity (Wildman–Crippen MR) is 110 cm³/mol. The summed E-state index contributed by atoms with van der Waals surface area (Å²) in [6, 6.07) is 5.78. The minimum atomic E-state index is -0.293. The van der Waals surface area contributed by atoms with Crippen LogP contribution in [-0.4, -0.2) is 20.8 Å². The number of aromatic nitrogens is 3. The molecular weight excluding hydrogens is 368 g/mol. The number of rotatable bonds is 7. The van der Waals surface area contributed by atoms with E-state index in [9.17, 15) is 4.79 Å². The summed E-state index contributed by atoms with van der Waals surface area (Å²) in [7, 11) is 0. The monoisotopic (exact) mass is 396 g/mol. The zero-order chi connectivity index (χ0) is 21.1. The van der Waals surface area contributed by atoms with Crippen LogP contribution in [0.5, 0.6) is 5.75 Å². The Hall–Kier alpha value is -3.09. The van der Waals surface area contributed by atoms with Crippen molar-refractivity contribution in [1.82, 2.24) is 20.3 Å². The smallest absolute Gasteiger partial charge is 0.274 e. The van der Waals surface area contributed by atoms with Gasteiger partial charge in [-0.05, 0) is 52.7 Å². The summed E-state index contributed by atoms with van der Waals surface area (Å²) in [4.78, 5) is 12.9. The summed E-state index contributed by atoms with van der Waals surface area (Å²) in [6.45, 7) is 12.7. The van der Waals surface area contributed by atoms with Gasteiger partial charge < -0.3 is 14.6 Å². The lowest BCUT2D eigenvalue weighted by atomic mass is 10.1. The molecule has 0 aliphatic rings.